The van der Waals surface area contributed by atoms with Crippen LogP contribution in [-0.4, -0.2) is 63.3 Å². The number of nitrogens with one attached hydrogen (secondary N) is 3. The number of carbonyl (C=O) groups excluding carboxylic acids is 3. The summed E-state index contributed by atoms with van der Waals surface area (Å²) in [5.74, 6) is -1.91. The van der Waals surface area contributed by atoms with Crippen molar-refractivity contribution in [3.05, 3.63) is 77.4 Å². The van der Waals surface area contributed by atoms with Crippen LogP contribution in [-0.2, 0) is 35.6 Å². The molecule has 3 amide bonds. The number of nitrogens with two attached hydrogens (primary N) is 1. The highest BCUT2D eigenvalue weighted by Crippen LogP contribution is 2.29. The van der Waals surface area contributed by atoms with Crippen LogP contribution in [0.2, 0.25) is 0 Å². The van der Waals surface area contributed by atoms with Gasteiger partial charge in [0.25, 0.3) is 5.91 Å². The molecule has 0 spiro atoms. The molecule has 0 heterocycles. The third kappa shape index (κ3) is 10.2. The lowest BCUT2D eigenvalue weighted by Crippen LogP contribution is -2.61. The van der Waals surface area contributed by atoms with E-state index in [0.717, 1.165) is 5.56 Å². The van der Waals surface area contributed by atoms with E-state index in [1.807, 2.05) is 60.6 Å². The normalized spacial score (nSPS) is 14.8. The average molecular weight is 642 g/mol. The fraction of sp³-hybridized carbons (Fsp3) is 0.500. The molecule has 10 nitrogen and oxygen atoms in total. The van der Waals surface area contributed by atoms with Gasteiger partial charge >= 0.3 is 0 Å². The van der Waals surface area contributed by atoms with Gasteiger partial charge in [0.05, 0.1) is 17.8 Å². The SMILES string of the molecule is CN[C@H](C(=O)NC(C(=O)N(C)[C@H](/C=C(\C)C(=O)NS(=O)(=O)Cc1ccccc1)C(C)C)C(C)(C)C)C(C)(C)c1ccc(N)cc1. The summed E-state index contributed by atoms with van der Waals surface area (Å²) in [5.41, 5.74) is 6.81. The van der Waals surface area contributed by atoms with Gasteiger partial charge in [-0.3, -0.25) is 14.4 Å². The lowest BCUT2D eigenvalue weighted by atomic mass is 9.76. The second kappa shape index (κ2) is 15.1. The van der Waals surface area contributed by atoms with Crippen molar-refractivity contribution in [3.63, 3.8) is 0 Å². The highest BCUT2D eigenvalue weighted by molar-refractivity contribution is 7.89. The summed E-state index contributed by atoms with van der Waals surface area (Å²) in [4.78, 5) is 42.3. The molecular weight excluding hydrogens is 590 g/mol. The number of nitrogen functional groups attached to an aromatic ring is 1. The van der Waals surface area contributed by atoms with Crippen LogP contribution >= 0.6 is 0 Å². The first kappa shape index (κ1) is 37.5. The first-order valence-electron chi connectivity index (χ1n) is 15.1. The molecule has 1 unspecified atom stereocenters. The minimum atomic E-state index is -3.94. The van der Waals surface area contributed by atoms with Gasteiger partial charge in [-0.05, 0) is 48.6 Å². The summed E-state index contributed by atoms with van der Waals surface area (Å²) in [6.07, 6.45) is 1.60. The van der Waals surface area contributed by atoms with Crippen LogP contribution in [0.1, 0.15) is 66.5 Å². The number of anilines is 1. The van der Waals surface area contributed by atoms with Crippen molar-refractivity contribution in [2.24, 2.45) is 11.3 Å². The van der Waals surface area contributed by atoms with Gasteiger partial charge in [0.1, 0.15) is 6.04 Å². The summed E-state index contributed by atoms with van der Waals surface area (Å²) < 4.78 is 27.5. The van der Waals surface area contributed by atoms with E-state index in [1.54, 1.807) is 62.6 Å². The van der Waals surface area contributed by atoms with Crippen molar-refractivity contribution in [1.29, 1.82) is 0 Å². The average Bonchev–Trinajstić information content (AvgIpc) is 2.93. The molecule has 0 aliphatic carbocycles. The van der Waals surface area contributed by atoms with Crippen molar-refractivity contribution in [2.75, 3.05) is 19.8 Å². The van der Waals surface area contributed by atoms with Crippen molar-refractivity contribution < 1.29 is 22.8 Å². The number of amides is 3. The Balaban J connectivity index is 2.30. The van der Waals surface area contributed by atoms with Gasteiger partial charge in [-0.2, -0.15) is 0 Å². The van der Waals surface area contributed by atoms with Crippen molar-refractivity contribution >= 4 is 33.4 Å². The molecule has 0 bridgehead atoms. The number of nitrogens with zero attached hydrogens (tertiary/aromatic N) is 1. The van der Waals surface area contributed by atoms with Crippen LogP contribution in [0.15, 0.2) is 66.2 Å². The maximum atomic E-state index is 14.1. The van der Waals surface area contributed by atoms with E-state index in [1.165, 1.54) is 11.8 Å². The summed E-state index contributed by atoms with van der Waals surface area (Å²) in [7, 11) is -0.614. The quantitative estimate of drug-likeness (QED) is 0.192. The summed E-state index contributed by atoms with van der Waals surface area (Å²) in [6, 6.07) is 13.8. The van der Waals surface area contributed by atoms with E-state index in [-0.39, 0.29) is 29.1 Å². The molecule has 0 aromatic heterocycles. The van der Waals surface area contributed by atoms with Gasteiger partial charge in [0.15, 0.2) is 0 Å². The van der Waals surface area contributed by atoms with Crippen LogP contribution in [0.3, 0.4) is 0 Å². The number of benzene rings is 2. The Morgan fingerprint density at radius 2 is 1.49 bits per heavy atom. The van der Waals surface area contributed by atoms with Gasteiger partial charge in [-0.1, -0.05) is 97.0 Å². The molecule has 45 heavy (non-hydrogen) atoms. The molecule has 0 aliphatic rings. The highest BCUT2D eigenvalue weighted by Gasteiger charge is 2.41. The van der Waals surface area contributed by atoms with Gasteiger partial charge in [0.2, 0.25) is 21.8 Å². The maximum Gasteiger partial charge on any atom is 0.260 e. The van der Waals surface area contributed by atoms with Crippen LogP contribution in [0.5, 0.6) is 0 Å². The Hall–Kier alpha value is -3.70. The van der Waals surface area contributed by atoms with Crippen LogP contribution in [0, 0.1) is 11.3 Å². The first-order valence-corrected chi connectivity index (χ1v) is 16.7. The summed E-state index contributed by atoms with van der Waals surface area (Å²) >= 11 is 0. The number of likely N-dealkylation sites (N-methyl/N-ethyl adjacent to an activating group) is 2. The predicted octanol–water partition coefficient (Wildman–Crippen LogP) is 3.74. The summed E-state index contributed by atoms with van der Waals surface area (Å²) in [6.45, 7) is 14.8. The minimum Gasteiger partial charge on any atom is -0.399 e. The highest BCUT2D eigenvalue weighted by atomic mass is 32.2. The molecule has 0 fully saturated rings. The molecule has 0 aliphatic heterocycles. The van der Waals surface area contributed by atoms with E-state index < -0.39 is 44.9 Å². The van der Waals surface area contributed by atoms with E-state index in [4.69, 9.17) is 5.73 Å². The van der Waals surface area contributed by atoms with Gasteiger partial charge in [-0.15, -0.1) is 0 Å². The Labute approximate surface area is 269 Å². The monoisotopic (exact) mass is 641 g/mol. The van der Waals surface area contributed by atoms with Gasteiger partial charge in [-0.25, -0.2) is 13.1 Å². The topological polar surface area (TPSA) is 151 Å². The molecule has 3 atom stereocenters. The van der Waals surface area contributed by atoms with Gasteiger partial charge < -0.3 is 21.3 Å². The molecule has 2 aromatic rings. The third-order valence-electron chi connectivity index (χ3n) is 8.03. The molecule has 2 aromatic carbocycles. The second-order valence-corrected chi connectivity index (χ2v) is 15.3. The zero-order valence-electron chi connectivity index (χ0n) is 28.3. The van der Waals surface area contributed by atoms with Crippen LogP contribution in [0.4, 0.5) is 5.69 Å². The molecule has 0 saturated heterocycles. The van der Waals surface area contributed by atoms with Crippen molar-refractivity contribution in [1.82, 2.24) is 20.3 Å². The Bertz CT molecular complexity index is 1460. The van der Waals surface area contributed by atoms with E-state index in [9.17, 15) is 22.8 Å². The molecule has 0 radical (unpaired) electrons. The smallest absolute Gasteiger partial charge is 0.260 e. The lowest BCUT2D eigenvalue weighted by molar-refractivity contribution is -0.140. The zero-order valence-corrected chi connectivity index (χ0v) is 29.1. The zero-order chi connectivity index (χ0) is 34.3. The van der Waals surface area contributed by atoms with E-state index in [2.05, 4.69) is 15.4 Å². The van der Waals surface area contributed by atoms with Crippen molar-refractivity contribution in [3.8, 4) is 0 Å². The fourth-order valence-corrected chi connectivity index (χ4v) is 6.41. The number of rotatable bonds is 13. The minimum absolute atomic E-state index is 0.131. The number of hydrogen-bond donors (Lipinski definition) is 4. The van der Waals surface area contributed by atoms with E-state index >= 15 is 0 Å². The molecular formula is C34H51N5O5S. The summed E-state index contributed by atoms with van der Waals surface area (Å²) in [5, 5.41) is 6.13. The second-order valence-electron chi connectivity index (χ2n) is 13.6. The van der Waals surface area contributed by atoms with Crippen molar-refractivity contribution in [2.45, 2.75) is 84.7 Å². The van der Waals surface area contributed by atoms with E-state index in [0.29, 0.717) is 11.3 Å². The first-order chi connectivity index (χ1) is 20.7. The fourth-order valence-electron chi connectivity index (χ4n) is 5.26. The molecule has 0 saturated carbocycles. The molecule has 2 rings (SSSR count). The number of carbonyl (C=O) groups is 3. The lowest BCUT2D eigenvalue weighted by Gasteiger charge is -2.40. The maximum absolute atomic E-state index is 14.1. The Morgan fingerprint density at radius 1 is 0.933 bits per heavy atom. The third-order valence-corrected chi connectivity index (χ3v) is 9.24. The number of hydrogen-bond acceptors (Lipinski definition) is 7. The van der Waals surface area contributed by atoms with Crippen LogP contribution < -0.4 is 21.1 Å². The largest absolute Gasteiger partial charge is 0.399 e. The standard InChI is InChI=1S/C34H51N5O5S/c1-22(2)27(20-23(3)30(40)38-45(43,44)21-24-14-12-11-13-15-24)39(10)32(42)29(33(4,5)6)37-31(41)28(36-9)34(7,8)25-16-18-26(35)19-17-25/h11-20,22,27-29,36H,21,35H2,1-10H3,(H,37,41)(H,38,40)/b23-20+/t27-,28-,29?/m1/s1. The predicted molar refractivity (Wildman–Crippen MR) is 180 cm³/mol. The molecule has 248 valence electrons. The van der Waals surface area contributed by atoms with Crippen LogP contribution in [0.25, 0.3) is 0 Å². The number of sulfonamides is 1. The molecule has 5 N–H and O–H groups in total. The van der Waals surface area contributed by atoms with Gasteiger partial charge in [0, 0.05) is 23.7 Å². The Kier molecular flexibility index (Phi) is 12.5. The Morgan fingerprint density at radius 3 is 1.98 bits per heavy atom. The molecule has 11 heteroatoms.